The van der Waals surface area contributed by atoms with E-state index in [4.69, 9.17) is 56.8 Å². The molecule has 24 heteroatoms. The second kappa shape index (κ2) is 63.2. The van der Waals surface area contributed by atoms with Gasteiger partial charge in [0.1, 0.15) is 13.2 Å². The summed E-state index contributed by atoms with van der Waals surface area (Å²) in [5, 5.41) is 0. The molecule has 92 heavy (non-hydrogen) atoms. The van der Waals surface area contributed by atoms with Crippen LogP contribution in [-0.4, -0.2) is 151 Å². The summed E-state index contributed by atoms with van der Waals surface area (Å²) in [4.78, 5) is 142. The van der Waals surface area contributed by atoms with Crippen molar-refractivity contribution in [3.8, 4) is 0 Å². The maximum atomic E-state index is 12.1. The Morgan fingerprint density at radius 3 is 0.478 bits per heavy atom. The molecular weight excluding hydrogens is 1200 g/mol. The summed E-state index contributed by atoms with van der Waals surface area (Å²) in [6.07, 6.45) is 22.8. The van der Waals surface area contributed by atoms with Gasteiger partial charge in [0.25, 0.3) is 0 Å². The van der Waals surface area contributed by atoms with Gasteiger partial charge in [0.05, 0.1) is 66.1 Å². The Balaban J connectivity index is 3.52. The van der Waals surface area contributed by atoms with Gasteiger partial charge >= 0.3 is 71.6 Å². The molecule has 0 aromatic carbocycles. The quantitative estimate of drug-likeness (QED) is 0.0236. The van der Waals surface area contributed by atoms with Gasteiger partial charge in [0.2, 0.25) is 0 Å². The number of unbranched alkanes of at least 4 members (excludes halogenated alkanes) is 20. The molecule has 0 heterocycles. The van der Waals surface area contributed by atoms with Crippen LogP contribution in [0.15, 0.2) is 12.2 Å². The van der Waals surface area contributed by atoms with Crippen molar-refractivity contribution in [3.05, 3.63) is 12.2 Å². The Bertz CT molecular complexity index is 2050. The van der Waals surface area contributed by atoms with Crippen LogP contribution in [0.2, 0.25) is 0 Å². The van der Waals surface area contributed by atoms with Crippen LogP contribution in [0.4, 0.5) is 0 Å². The summed E-state index contributed by atoms with van der Waals surface area (Å²) in [5.74, 6) is -3.74. The van der Waals surface area contributed by atoms with Crippen molar-refractivity contribution < 1.29 is 114 Å². The maximum absolute atomic E-state index is 12.1. The Kier molecular flexibility index (Phi) is 58.6. The highest BCUT2D eigenvalue weighted by molar-refractivity contribution is 5.87. The number of ether oxygens (including phenoxy) is 12. The standard InChI is InChI=1S/C68H112O24/c1-56(2)68(80)92-55-54-91-67(79)43-23-13-33-53-90-66(78)42-22-12-32-52-89-65(77)41-21-11-31-51-88-64(76)40-20-10-30-50-87-63(75)39-19-9-29-49-86-62(74)38-18-8-28-48-85-61(73)37-17-7-27-47-84-60(72)36-16-6-26-46-83-59(71)35-15-5-25-45-82-58(70)34-14-4-24-44-81-57(3)69/h1,4-55H2,2-3H3. The van der Waals surface area contributed by atoms with E-state index >= 15 is 0 Å². The number of hydrogen-bond donors (Lipinski definition) is 0. The highest BCUT2D eigenvalue weighted by Crippen LogP contribution is 2.13. The lowest BCUT2D eigenvalue weighted by atomic mass is 10.2. The zero-order chi connectivity index (χ0) is 67.8. The molecule has 0 fully saturated rings. The van der Waals surface area contributed by atoms with Crippen molar-refractivity contribution in [2.45, 2.75) is 271 Å². The minimum absolute atomic E-state index is 0.0121. The molecule has 0 aromatic heterocycles. The maximum Gasteiger partial charge on any atom is 0.333 e. The van der Waals surface area contributed by atoms with Crippen LogP contribution in [0, 0.1) is 0 Å². The fraction of sp³-hybridized carbons (Fsp3) is 0.794. The third kappa shape index (κ3) is 63.5. The van der Waals surface area contributed by atoms with Crippen LogP contribution in [-0.2, 0) is 114 Å². The van der Waals surface area contributed by atoms with Gasteiger partial charge < -0.3 is 56.8 Å². The van der Waals surface area contributed by atoms with Crippen LogP contribution in [0.25, 0.3) is 0 Å². The van der Waals surface area contributed by atoms with Crippen LogP contribution >= 0.6 is 0 Å². The van der Waals surface area contributed by atoms with Gasteiger partial charge in [-0.1, -0.05) is 6.58 Å². The highest BCUT2D eigenvalue weighted by Gasteiger charge is 2.13. The van der Waals surface area contributed by atoms with Crippen LogP contribution in [0.1, 0.15) is 271 Å². The molecule has 0 aliphatic heterocycles. The smallest absolute Gasteiger partial charge is 0.333 e. The number of esters is 12. The molecule has 0 spiro atoms. The van der Waals surface area contributed by atoms with Gasteiger partial charge in [-0.25, -0.2) is 4.79 Å². The zero-order valence-electron chi connectivity index (χ0n) is 55.8. The van der Waals surface area contributed by atoms with E-state index in [0.717, 1.165) is 25.7 Å². The lowest BCUT2D eigenvalue weighted by Crippen LogP contribution is -2.14. The molecule has 0 aliphatic carbocycles. The molecule has 0 atom stereocenters. The fourth-order valence-corrected chi connectivity index (χ4v) is 8.51. The van der Waals surface area contributed by atoms with E-state index in [1.54, 1.807) is 0 Å². The molecule has 0 N–H and O–H groups in total. The summed E-state index contributed by atoms with van der Waals surface area (Å²) < 4.78 is 62.2. The van der Waals surface area contributed by atoms with Gasteiger partial charge in [-0.15, -0.1) is 0 Å². The monoisotopic (exact) mass is 1310 g/mol. The normalized spacial score (nSPS) is 10.7. The Labute approximate surface area is 546 Å². The minimum Gasteiger partial charge on any atom is -0.466 e. The van der Waals surface area contributed by atoms with Crippen molar-refractivity contribution in [2.24, 2.45) is 0 Å². The molecule has 0 unspecified atom stereocenters. The van der Waals surface area contributed by atoms with E-state index in [2.05, 4.69) is 6.58 Å². The van der Waals surface area contributed by atoms with Crippen molar-refractivity contribution >= 4 is 71.6 Å². The summed E-state index contributed by atoms with van der Waals surface area (Å²) in [5.41, 5.74) is 0.274. The largest absolute Gasteiger partial charge is 0.466 e. The van der Waals surface area contributed by atoms with Crippen molar-refractivity contribution in [1.29, 1.82) is 0 Å². The number of rotatable bonds is 64. The third-order valence-electron chi connectivity index (χ3n) is 13.9. The predicted octanol–water partition coefficient (Wildman–Crippen LogP) is 11.7. The summed E-state index contributed by atoms with van der Waals surface area (Å²) in [6, 6.07) is 0. The first-order valence-corrected chi connectivity index (χ1v) is 34.0. The summed E-state index contributed by atoms with van der Waals surface area (Å²) >= 11 is 0. The zero-order valence-corrected chi connectivity index (χ0v) is 55.8. The van der Waals surface area contributed by atoms with Crippen molar-refractivity contribution in [3.63, 3.8) is 0 Å². The molecule has 528 valence electrons. The molecule has 0 aromatic rings. The van der Waals surface area contributed by atoms with Crippen molar-refractivity contribution in [2.75, 3.05) is 79.3 Å². The van der Waals surface area contributed by atoms with Crippen molar-refractivity contribution in [1.82, 2.24) is 0 Å². The van der Waals surface area contributed by atoms with E-state index in [1.165, 1.54) is 13.8 Å². The number of hydrogen-bond acceptors (Lipinski definition) is 24. The Hall–Kier alpha value is -6.62. The third-order valence-corrected chi connectivity index (χ3v) is 13.9. The molecule has 0 rings (SSSR count). The molecule has 0 saturated heterocycles. The topological polar surface area (TPSA) is 316 Å². The van der Waals surface area contributed by atoms with Gasteiger partial charge in [0.15, 0.2) is 0 Å². The van der Waals surface area contributed by atoms with E-state index in [9.17, 15) is 57.5 Å². The van der Waals surface area contributed by atoms with Crippen LogP contribution in [0.3, 0.4) is 0 Å². The Morgan fingerprint density at radius 2 is 0.326 bits per heavy atom. The average Bonchev–Trinajstić information content (AvgIpc) is 3.57. The first-order chi connectivity index (χ1) is 44.5. The molecule has 24 nitrogen and oxygen atoms in total. The molecule has 0 bridgehead atoms. The van der Waals surface area contributed by atoms with E-state index < -0.39 is 5.97 Å². The minimum atomic E-state index is -0.531. The molecule has 0 saturated carbocycles. The lowest BCUT2D eigenvalue weighted by Gasteiger charge is -2.07. The fourth-order valence-electron chi connectivity index (χ4n) is 8.51. The second-order valence-electron chi connectivity index (χ2n) is 22.6. The average molecular weight is 1310 g/mol. The Morgan fingerprint density at radius 1 is 0.185 bits per heavy atom. The van der Waals surface area contributed by atoms with E-state index in [1.807, 2.05) is 0 Å². The molecule has 0 radical (unpaired) electrons. The number of carbonyl (C=O) groups excluding carboxylic acids is 12. The summed E-state index contributed by atoms with van der Waals surface area (Å²) in [7, 11) is 0. The summed E-state index contributed by atoms with van der Waals surface area (Å²) in [6.45, 7) is 9.26. The van der Waals surface area contributed by atoms with Gasteiger partial charge in [-0.05, 0) is 200 Å². The molecule has 0 aliphatic rings. The van der Waals surface area contributed by atoms with Gasteiger partial charge in [0, 0.05) is 76.7 Å². The molecular formula is C68H112O24. The second-order valence-corrected chi connectivity index (χ2v) is 22.6. The first-order valence-electron chi connectivity index (χ1n) is 34.0. The van der Waals surface area contributed by atoms with E-state index in [-0.39, 0.29) is 182 Å². The number of carbonyl (C=O) groups is 12. The highest BCUT2D eigenvalue weighted by atomic mass is 16.6. The first kappa shape index (κ1) is 85.4. The predicted molar refractivity (Wildman–Crippen MR) is 337 cm³/mol. The SMILES string of the molecule is C=C(C)C(=O)OCCOC(=O)CCCCCOC(=O)CCCCCOC(=O)CCCCCOC(=O)CCCCCOC(=O)CCCCCOC(=O)CCCCCOC(=O)CCCCCOC(=O)CCCCCOC(=O)CCCCCOC(=O)CCCCCOC(C)=O. The van der Waals surface area contributed by atoms with Crippen LogP contribution in [0.5, 0.6) is 0 Å². The van der Waals surface area contributed by atoms with E-state index in [0.29, 0.717) is 200 Å². The lowest BCUT2D eigenvalue weighted by molar-refractivity contribution is -0.150. The molecule has 0 amide bonds. The van der Waals surface area contributed by atoms with Crippen LogP contribution < -0.4 is 0 Å². The van der Waals surface area contributed by atoms with Gasteiger partial charge in [-0.2, -0.15) is 0 Å². The van der Waals surface area contributed by atoms with Gasteiger partial charge in [-0.3, -0.25) is 52.7 Å².